The van der Waals surface area contributed by atoms with E-state index in [4.69, 9.17) is 16.2 Å². The van der Waals surface area contributed by atoms with E-state index in [1.807, 2.05) is 129 Å². The number of halogens is 2. The zero-order valence-electron chi connectivity index (χ0n) is 62.0. The smallest absolute Gasteiger partial charge is 0.230 e. The molecule has 4 atom stereocenters. The highest BCUT2D eigenvalue weighted by Gasteiger charge is 2.45. The zero-order valence-corrected chi connectivity index (χ0v) is 65.3. The minimum Gasteiger partial charge on any atom is -0.457 e. The van der Waals surface area contributed by atoms with Crippen molar-refractivity contribution in [3.8, 4) is 11.5 Å². The molecule has 12 aromatic rings. The molecule has 2 fully saturated rings. The van der Waals surface area contributed by atoms with Crippen LogP contribution in [0.15, 0.2) is 166 Å². The average Bonchev–Trinajstić information content (AvgIpc) is 1.53. The van der Waals surface area contributed by atoms with Gasteiger partial charge >= 0.3 is 0 Å². The van der Waals surface area contributed by atoms with Gasteiger partial charge in [0.25, 0.3) is 0 Å². The number of aryl methyl sites for hydroxylation is 8. The number of hydrogen-bond donors (Lipinski definition) is 5. The van der Waals surface area contributed by atoms with Crippen LogP contribution >= 0.6 is 0 Å². The fraction of sp³-hybridized carbons (Fsp3) is 0.289. The number of anilines is 10. The van der Waals surface area contributed by atoms with Gasteiger partial charge in [-0.15, -0.1) is 0 Å². The second-order valence-corrected chi connectivity index (χ2v) is 35.7. The number of nitrogens with zero attached hydrogens (tertiary/aromatic N) is 10. The zero-order chi connectivity index (χ0) is 78.5. The molecule has 7 N–H and O–H groups in total. The number of benzene rings is 8. The van der Waals surface area contributed by atoms with Gasteiger partial charge in [0.05, 0.1) is 113 Å². The summed E-state index contributed by atoms with van der Waals surface area (Å²) in [5.74, 6) is -0.886. The van der Waals surface area contributed by atoms with Crippen LogP contribution in [0.1, 0.15) is 48.9 Å². The van der Waals surface area contributed by atoms with Crippen LogP contribution in [-0.4, -0.2) is 134 Å². The van der Waals surface area contributed by atoms with Crippen molar-refractivity contribution in [1.29, 1.82) is 0 Å². The standard InChI is InChI=1S/C21H23FN4O3S.C20H20FN3O4S.C18H22N4O2S.C17H20N4O2S/c1-4-30(28,29)14-5-6-17(12(2)7-14)24-13-8-18(25-21(27)15-10-16(15)22)20-19(9-13)26(3)11-23-20;1-11-6-13(29(3,26)27)4-5-18(11)28-12-7-16(23-20(25)14-9-15(14)21)19-17(8-12)24(2)10-22-19;1-5-25(23,24)14-6-7-16(12(2)8-14)22(4)13-9-15(19)18-17(10-13)21(3)11-20-18;1-11-7-13(24(4,22)23)5-6-15(11)21(3)12-8-14(18)17-16(9-12)20(2)10-19-17/h5-9,11,15-16,24H,4,10H2,1-3H3,(H,25,27);4-8,10,14-15H,9H2,1-3H3,(H,23,25);6-11H,5,19H2,1-4H3;5-10H,18H2,1-4H3/t15-,16+;14-,15+;;/m00../s1. The highest BCUT2D eigenvalue weighted by molar-refractivity contribution is 7.92. The topological polar surface area (TPSA) is 346 Å². The maximum atomic E-state index is 13.3. The third kappa shape index (κ3) is 16.9. The van der Waals surface area contributed by atoms with Crippen molar-refractivity contribution in [1.82, 2.24) is 38.2 Å². The van der Waals surface area contributed by atoms with Crippen molar-refractivity contribution < 1.29 is 56.8 Å². The van der Waals surface area contributed by atoms with Crippen LogP contribution in [-0.2, 0) is 77.1 Å². The average molecular weight is 1550 g/mol. The Balaban J connectivity index is 0.000000144. The monoisotopic (exact) mass is 1550 g/mol. The quantitative estimate of drug-likeness (QED) is 0.0498. The van der Waals surface area contributed by atoms with Gasteiger partial charge in [0.15, 0.2) is 39.3 Å². The molecule has 4 heterocycles. The molecule has 2 amide bonds. The molecule has 2 saturated carbocycles. The van der Waals surface area contributed by atoms with Gasteiger partial charge < -0.3 is 60.2 Å². The lowest BCUT2D eigenvalue weighted by molar-refractivity contribution is -0.118. The molecular formula is C76H85F2N15O11S4. The maximum Gasteiger partial charge on any atom is 0.230 e. The summed E-state index contributed by atoms with van der Waals surface area (Å²) in [5.41, 5.74) is 28.9. The molecule has 2 aliphatic carbocycles. The van der Waals surface area contributed by atoms with E-state index in [0.29, 0.717) is 66.3 Å². The number of fused-ring (bicyclic) bond motifs is 4. The molecule has 8 aromatic carbocycles. The van der Waals surface area contributed by atoms with Gasteiger partial charge in [-0.3, -0.25) is 9.59 Å². The molecule has 32 heteroatoms. The van der Waals surface area contributed by atoms with Crippen molar-refractivity contribution in [3.63, 3.8) is 0 Å². The molecule has 2 aliphatic rings. The lowest BCUT2D eigenvalue weighted by Gasteiger charge is -2.23. The summed E-state index contributed by atoms with van der Waals surface area (Å²) in [6.07, 6.45) is 7.41. The summed E-state index contributed by atoms with van der Waals surface area (Å²) < 4.78 is 135. The van der Waals surface area contributed by atoms with Gasteiger partial charge in [0.1, 0.15) is 45.9 Å². The number of sulfone groups is 4. The number of carbonyl (C=O) groups excluding carboxylic acids is 2. The number of nitrogen functional groups attached to an aromatic ring is 2. The number of hydrogen-bond acceptors (Lipinski definition) is 20. The van der Waals surface area contributed by atoms with Gasteiger partial charge in [-0.1, -0.05) is 13.8 Å². The van der Waals surface area contributed by atoms with E-state index in [2.05, 4.69) is 35.9 Å². The summed E-state index contributed by atoms with van der Waals surface area (Å²) in [7, 11) is -1.65. The third-order valence-electron chi connectivity index (χ3n) is 19.0. The molecule has 108 heavy (non-hydrogen) atoms. The van der Waals surface area contributed by atoms with Gasteiger partial charge in [-0.2, -0.15) is 0 Å². The summed E-state index contributed by atoms with van der Waals surface area (Å²) in [6.45, 7) is 10.7. The molecule has 0 aliphatic heterocycles. The van der Waals surface area contributed by atoms with E-state index in [0.717, 1.165) is 84.5 Å². The van der Waals surface area contributed by atoms with Crippen molar-refractivity contribution in [2.24, 2.45) is 40.0 Å². The Kier molecular flexibility index (Phi) is 22.0. The van der Waals surface area contributed by atoms with Gasteiger partial charge in [0, 0.05) is 101 Å². The number of amides is 2. The van der Waals surface area contributed by atoms with Gasteiger partial charge in [-0.05, 0) is 172 Å². The predicted octanol–water partition coefficient (Wildman–Crippen LogP) is 12.8. The summed E-state index contributed by atoms with van der Waals surface area (Å²) in [5, 5.41) is 8.82. The first-order valence-electron chi connectivity index (χ1n) is 34.2. The first-order chi connectivity index (χ1) is 50.7. The first-order valence-corrected chi connectivity index (χ1v) is 41.3. The molecule has 0 unspecified atom stereocenters. The summed E-state index contributed by atoms with van der Waals surface area (Å²) >= 11 is 0. The van der Waals surface area contributed by atoms with E-state index in [1.165, 1.54) is 12.3 Å². The van der Waals surface area contributed by atoms with Crippen LogP contribution < -0.4 is 42.0 Å². The summed E-state index contributed by atoms with van der Waals surface area (Å²) in [6, 6.07) is 34.7. The normalized spacial score (nSPS) is 15.5. The number of aromatic nitrogens is 8. The SMILES string of the molecule is CCS(=O)(=O)c1ccc(N(C)c2cc(N)c3ncn(C)c3c2)c(C)c1.CCS(=O)(=O)c1ccc(Nc2cc(NC(=O)[C@H]3C[C@H]3F)c3ncn(C)c3c2)c(C)c1.Cc1cc(S(C)(=O)=O)ccc1N(C)c1cc(N)c2ncn(C)c2c1.Cc1cc(S(C)(=O)=O)ccc1Oc1cc(NC(=O)[C@H]2C[C@H]2F)c2ncn(C)c2c1. The fourth-order valence-electron chi connectivity index (χ4n) is 12.2. The minimum absolute atomic E-state index is 0.0418. The van der Waals surface area contributed by atoms with E-state index in [9.17, 15) is 52.0 Å². The van der Waals surface area contributed by atoms with E-state index < -0.39 is 63.5 Å². The first kappa shape index (κ1) is 78.1. The van der Waals surface area contributed by atoms with Crippen molar-refractivity contribution >= 4 is 152 Å². The van der Waals surface area contributed by atoms with Gasteiger partial charge in [-0.25, -0.2) is 62.4 Å². The molecule has 568 valence electrons. The van der Waals surface area contributed by atoms with Crippen molar-refractivity contribution in [2.45, 2.75) is 86.3 Å². The van der Waals surface area contributed by atoms with Gasteiger partial charge in [0.2, 0.25) is 11.8 Å². The van der Waals surface area contributed by atoms with E-state index >= 15 is 0 Å². The van der Waals surface area contributed by atoms with Crippen LogP contribution in [0.3, 0.4) is 0 Å². The Labute approximate surface area is 625 Å². The number of nitrogens with one attached hydrogen (secondary N) is 3. The van der Waals surface area contributed by atoms with E-state index in [-0.39, 0.29) is 46.0 Å². The molecule has 0 bridgehead atoms. The minimum atomic E-state index is -3.31. The lowest BCUT2D eigenvalue weighted by atomic mass is 10.1. The summed E-state index contributed by atoms with van der Waals surface area (Å²) in [4.78, 5) is 46.9. The Morgan fingerprint density at radius 2 is 0.852 bits per heavy atom. The van der Waals surface area contributed by atoms with Crippen LogP contribution in [0.25, 0.3) is 44.1 Å². The molecule has 0 saturated heterocycles. The number of rotatable bonds is 18. The van der Waals surface area contributed by atoms with Crippen LogP contribution in [0.2, 0.25) is 0 Å². The molecule has 26 nitrogen and oxygen atoms in total. The molecule has 0 radical (unpaired) electrons. The highest BCUT2D eigenvalue weighted by Crippen LogP contribution is 2.41. The van der Waals surface area contributed by atoms with Crippen LogP contribution in [0.5, 0.6) is 11.5 Å². The number of carbonyl (C=O) groups is 2. The Morgan fingerprint density at radius 3 is 1.26 bits per heavy atom. The predicted molar refractivity (Wildman–Crippen MR) is 421 cm³/mol. The van der Waals surface area contributed by atoms with Crippen molar-refractivity contribution in [3.05, 3.63) is 169 Å². The second-order valence-electron chi connectivity index (χ2n) is 27.1. The van der Waals surface area contributed by atoms with Crippen LogP contribution in [0, 0.1) is 39.5 Å². The molecule has 14 rings (SSSR count). The molecule has 4 aromatic heterocycles. The number of imidazole rings is 4. The maximum absolute atomic E-state index is 13.3. The fourth-order valence-corrected chi connectivity index (χ4v) is 15.6. The lowest BCUT2D eigenvalue weighted by Crippen LogP contribution is -2.15. The van der Waals surface area contributed by atoms with Crippen LogP contribution in [0.4, 0.5) is 65.7 Å². The largest absolute Gasteiger partial charge is 0.457 e. The number of alkyl halides is 2. The Hall–Kier alpha value is -11.0. The Bertz CT molecular complexity index is 6040. The van der Waals surface area contributed by atoms with E-state index in [1.54, 1.807) is 123 Å². The third-order valence-corrected chi connectivity index (χ3v) is 24.6. The molecule has 0 spiro atoms. The second kappa shape index (κ2) is 30.4. The Morgan fingerprint density at radius 1 is 0.481 bits per heavy atom. The number of ether oxygens (including phenoxy) is 1. The highest BCUT2D eigenvalue weighted by atomic mass is 32.2. The van der Waals surface area contributed by atoms with Crippen molar-refractivity contribution in [2.75, 3.05) is 75.3 Å². The number of nitrogens with two attached hydrogens (primary N) is 2. The molecular weight excluding hydrogens is 1470 g/mol.